The Morgan fingerprint density at radius 1 is 1.40 bits per heavy atom. The summed E-state index contributed by atoms with van der Waals surface area (Å²) in [7, 11) is 0. The monoisotopic (exact) mass is 225 g/mol. The topological polar surface area (TPSA) is 26.0 Å². The molecule has 15 heavy (non-hydrogen) atoms. The number of nitrogens with two attached hydrogens (primary N) is 1. The Balaban J connectivity index is 2.28. The van der Waals surface area contributed by atoms with Gasteiger partial charge in [-0.15, -0.1) is 0 Å². The van der Waals surface area contributed by atoms with Crippen LogP contribution < -0.4 is 5.73 Å². The van der Waals surface area contributed by atoms with E-state index in [1.165, 1.54) is 6.07 Å². The van der Waals surface area contributed by atoms with Crippen LogP contribution in [0.2, 0.25) is 5.02 Å². The molecule has 1 unspecified atom stereocenters. The van der Waals surface area contributed by atoms with Gasteiger partial charge in [-0.1, -0.05) is 29.3 Å². The summed E-state index contributed by atoms with van der Waals surface area (Å²) in [5.74, 6) is -0.317. The minimum atomic E-state index is -0.317. The highest BCUT2D eigenvalue weighted by Crippen LogP contribution is 2.30. The second-order valence-electron chi connectivity index (χ2n) is 3.81. The second kappa shape index (κ2) is 4.33. The summed E-state index contributed by atoms with van der Waals surface area (Å²) in [5.41, 5.74) is 7.67. The van der Waals surface area contributed by atoms with Gasteiger partial charge in [0.2, 0.25) is 0 Å². The molecule has 0 aromatic heterocycles. The summed E-state index contributed by atoms with van der Waals surface area (Å²) in [4.78, 5) is 0. The van der Waals surface area contributed by atoms with Gasteiger partial charge in [-0.25, -0.2) is 4.39 Å². The Kier molecular flexibility index (Phi) is 3.08. The van der Waals surface area contributed by atoms with E-state index in [4.69, 9.17) is 17.3 Å². The zero-order chi connectivity index (χ0) is 10.8. The van der Waals surface area contributed by atoms with Crippen molar-refractivity contribution in [2.75, 3.05) is 0 Å². The maximum atomic E-state index is 13.6. The zero-order valence-electron chi connectivity index (χ0n) is 8.34. The first-order valence-electron chi connectivity index (χ1n) is 5.08. The van der Waals surface area contributed by atoms with Gasteiger partial charge in [0, 0.05) is 10.6 Å². The first kappa shape index (κ1) is 10.7. The standard InChI is InChI=1S/C12H13ClFN/c13-9-5-6-10(11(14)7-9)12(15)8-3-1-2-4-8/h3,5-7,12H,1-2,4,15H2. The summed E-state index contributed by atoms with van der Waals surface area (Å²) in [6.45, 7) is 0. The molecule has 2 rings (SSSR count). The lowest BCUT2D eigenvalue weighted by molar-refractivity contribution is 0.595. The fourth-order valence-electron chi connectivity index (χ4n) is 1.93. The molecular formula is C12H13ClFN. The van der Waals surface area contributed by atoms with Crippen molar-refractivity contribution >= 4 is 11.6 Å². The third-order valence-corrected chi connectivity index (χ3v) is 3.01. The predicted molar refractivity (Wildman–Crippen MR) is 60.3 cm³/mol. The molecule has 1 atom stereocenters. The molecule has 0 aliphatic heterocycles. The van der Waals surface area contributed by atoms with Gasteiger partial charge in [0.1, 0.15) is 5.82 Å². The summed E-state index contributed by atoms with van der Waals surface area (Å²) >= 11 is 5.69. The van der Waals surface area contributed by atoms with Gasteiger partial charge >= 0.3 is 0 Å². The minimum Gasteiger partial charge on any atom is -0.320 e. The van der Waals surface area contributed by atoms with Crippen LogP contribution in [0.1, 0.15) is 30.9 Å². The molecule has 1 nitrogen and oxygen atoms in total. The minimum absolute atomic E-state index is 0.315. The second-order valence-corrected chi connectivity index (χ2v) is 4.25. The Labute approximate surface area is 93.7 Å². The maximum Gasteiger partial charge on any atom is 0.129 e. The van der Waals surface area contributed by atoms with E-state index in [0.717, 1.165) is 24.8 Å². The first-order chi connectivity index (χ1) is 7.18. The summed E-state index contributed by atoms with van der Waals surface area (Å²) < 4.78 is 13.6. The molecule has 80 valence electrons. The molecule has 0 amide bonds. The van der Waals surface area contributed by atoms with Crippen LogP contribution in [0.5, 0.6) is 0 Å². The fourth-order valence-corrected chi connectivity index (χ4v) is 2.09. The highest BCUT2D eigenvalue weighted by molar-refractivity contribution is 6.30. The van der Waals surface area contributed by atoms with Crippen LogP contribution in [-0.4, -0.2) is 0 Å². The Morgan fingerprint density at radius 2 is 2.20 bits per heavy atom. The normalized spacial score (nSPS) is 17.7. The van der Waals surface area contributed by atoms with E-state index in [-0.39, 0.29) is 11.9 Å². The number of allylic oxidation sites excluding steroid dienone is 1. The van der Waals surface area contributed by atoms with Crippen LogP contribution in [0.15, 0.2) is 29.8 Å². The lowest BCUT2D eigenvalue weighted by Gasteiger charge is -2.14. The molecule has 0 bridgehead atoms. The van der Waals surface area contributed by atoms with Gasteiger partial charge in [-0.05, 0) is 31.4 Å². The van der Waals surface area contributed by atoms with Crippen molar-refractivity contribution in [1.29, 1.82) is 0 Å². The van der Waals surface area contributed by atoms with Gasteiger partial charge in [-0.3, -0.25) is 0 Å². The van der Waals surface area contributed by atoms with E-state index >= 15 is 0 Å². The van der Waals surface area contributed by atoms with Crippen molar-refractivity contribution in [2.45, 2.75) is 25.3 Å². The molecule has 0 saturated heterocycles. The molecule has 0 fully saturated rings. The first-order valence-corrected chi connectivity index (χ1v) is 5.46. The summed E-state index contributed by atoms with van der Waals surface area (Å²) in [5, 5.41) is 0.406. The Bertz CT molecular complexity index is 401. The van der Waals surface area contributed by atoms with E-state index in [0.29, 0.717) is 10.6 Å². The van der Waals surface area contributed by atoms with Gasteiger partial charge in [-0.2, -0.15) is 0 Å². The van der Waals surface area contributed by atoms with E-state index < -0.39 is 0 Å². The number of benzene rings is 1. The van der Waals surface area contributed by atoms with Gasteiger partial charge in [0.15, 0.2) is 0 Å². The molecule has 0 radical (unpaired) electrons. The molecule has 3 heteroatoms. The van der Waals surface area contributed by atoms with Crippen LogP contribution in [0, 0.1) is 5.82 Å². The quantitative estimate of drug-likeness (QED) is 0.765. The van der Waals surface area contributed by atoms with E-state index in [9.17, 15) is 4.39 Å². The van der Waals surface area contributed by atoms with Crippen molar-refractivity contribution < 1.29 is 4.39 Å². The molecule has 2 N–H and O–H groups in total. The number of rotatable bonds is 2. The van der Waals surface area contributed by atoms with Gasteiger partial charge in [0.25, 0.3) is 0 Å². The molecule has 1 aromatic carbocycles. The van der Waals surface area contributed by atoms with Crippen molar-refractivity contribution in [3.05, 3.63) is 46.3 Å². The van der Waals surface area contributed by atoms with Crippen LogP contribution in [0.3, 0.4) is 0 Å². The Morgan fingerprint density at radius 3 is 2.80 bits per heavy atom. The zero-order valence-corrected chi connectivity index (χ0v) is 9.10. The third-order valence-electron chi connectivity index (χ3n) is 2.77. The molecule has 1 aliphatic carbocycles. The average Bonchev–Trinajstić information content (AvgIpc) is 2.69. The molecule has 0 saturated carbocycles. The molecular weight excluding hydrogens is 213 g/mol. The van der Waals surface area contributed by atoms with Crippen molar-refractivity contribution in [1.82, 2.24) is 0 Å². The number of hydrogen-bond donors (Lipinski definition) is 1. The Hall–Kier alpha value is -0.860. The van der Waals surface area contributed by atoms with Crippen molar-refractivity contribution in [3.63, 3.8) is 0 Å². The van der Waals surface area contributed by atoms with Crippen LogP contribution in [-0.2, 0) is 0 Å². The highest BCUT2D eigenvalue weighted by Gasteiger charge is 2.18. The van der Waals surface area contributed by atoms with Crippen LogP contribution >= 0.6 is 11.6 Å². The lowest BCUT2D eigenvalue weighted by Crippen LogP contribution is -2.13. The largest absolute Gasteiger partial charge is 0.320 e. The highest BCUT2D eigenvalue weighted by atomic mass is 35.5. The number of halogens is 2. The molecule has 1 aromatic rings. The van der Waals surface area contributed by atoms with Gasteiger partial charge in [0.05, 0.1) is 6.04 Å². The fraction of sp³-hybridized carbons (Fsp3) is 0.333. The lowest BCUT2D eigenvalue weighted by atomic mass is 9.99. The summed E-state index contributed by atoms with van der Waals surface area (Å²) in [6, 6.07) is 4.34. The average molecular weight is 226 g/mol. The predicted octanol–water partition coefficient (Wildman–Crippen LogP) is 3.59. The summed E-state index contributed by atoms with van der Waals surface area (Å²) in [6.07, 6.45) is 5.26. The SMILES string of the molecule is NC(C1=CCCC1)c1ccc(Cl)cc1F. The molecule has 0 heterocycles. The third kappa shape index (κ3) is 2.21. The van der Waals surface area contributed by atoms with Crippen molar-refractivity contribution in [2.24, 2.45) is 5.73 Å². The smallest absolute Gasteiger partial charge is 0.129 e. The molecule has 1 aliphatic rings. The van der Waals surface area contributed by atoms with E-state index in [1.807, 2.05) is 0 Å². The maximum absolute atomic E-state index is 13.6. The van der Waals surface area contributed by atoms with Crippen molar-refractivity contribution in [3.8, 4) is 0 Å². The van der Waals surface area contributed by atoms with Crippen LogP contribution in [0.25, 0.3) is 0 Å². The van der Waals surface area contributed by atoms with Gasteiger partial charge < -0.3 is 5.73 Å². The molecule has 0 spiro atoms. The van der Waals surface area contributed by atoms with E-state index in [2.05, 4.69) is 6.08 Å². The van der Waals surface area contributed by atoms with E-state index in [1.54, 1.807) is 12.1 Å². The van der Waals surface area contributed by atoms with Crippen LogP contribution in [0.4, 0.5) is 4.39 Å². The number of hydrogen-bond acceptors (Lipinski definition) is 1.